The van der Waals surface area contributed by atoms with Gasteiger partial charge in [-0.1, -0.05) is 23.2 Å². The molecule has 3 nitrogen and oxygen atoms in total. The van der Waals surface area contributed by atoms with Crippen LogP contribution in [0.2, 0.25) is 10.0 Å². The highest BCUT2D eigenvalue weighted by Gasteiger charge is 2.13. The topological polar surface area (TPSA) is 29.9 Å². The number of aromatic nitrogens is 2. The Morgan fingerprint density at radius 1 is 1.37 bits per heavy atom. The van der Waals surface area contributed by atoms with E-state index in [1.54, 1.807) is 6.20 Å². The fraction of sp³-hybridized carbons (Fsp3) is 0.308. The highest BCUT2D eigenvalue weighted by Crippen LogP contribution is 2.28. The molecule has 0 saturated carbocycles. The molecule has 19 heavy (non-hydrogen) atoms. The highest BCUT2D eigenvalue weighted by molar-refractivity contribution is 6.35. The van der Waals surface area contributed by atoms with Crippen molar-refractivity contribution >= 4 is 23.2 Å². The lowest BCUT2D eigenvalue weighted by Crippen LogP contribution is -2.20. The molecule has 0 amide bonds. The quantitative estimate of drug-likeness (QED) is 0.872. The number of nitrogens with zero attached hydrogens (tertiary/aromatic N) is 2. The first-order chi connectivity index (χ1) is 8.99. The van der Waals surface area contributed by atoms with E-state index in [0.29, 0.717) is 17.1 Å². The van der Waals surface area contributed by atoms with E-state index in [1.807, 2.05) is 24.7 Å². The maximum absolute atomic E-state index is 13.5. The molecule has 0 bridgehead atoms. The molecule has 0 aliphatic heterocycles. The number of hydrogen-bond donors (Lipinski definition) is 1. The second-order valence-corrected chi connectivity index (χ2v) is 5.16. The Kier molecular flexibility index (Phi) is 4.45. The van der Waals surface area contributed by atoms with Crippen LogP contribution in [0.25, 0.3) is 0 Å². The molecule has 102 valence electrons. The van der Waals surface area contributed by atoms with Gasteiger partial charge >= 0.3 is 0 Å². The molecular weight excluding hydrogens is 288 g/mol. The minimum Gasteiger partial charge on any atom is -0.337 e. The van der Waals surface area contributed by atoms with Gasteiger partial charge < -0.3 is 9.88 Å². The van der Waals surface area contributed by atoms with Gasteiger partial charge in [-0.05, 0) is 24.6 Å². The average molecular weight is 302 g/mol. The van der Waals surface area contributed by atoms with Crippen molar-refractivity contribution in [3.05, 3.63) is 51.8 Å². The Labute approximate surface area is 121 Å². The Hall–Kier alpha value is -1.10. The molecule has 1 aromatic carbocycles. The van der Waals surface area contributed by atoms with E-state index in [9.17, 15) is 4.39 Å². The fourth-order valence-electron chi connectivity index (χ4n) is 1.79. The van der Waals surface area contributed by atoms with E-state index >= 15 is 0 Å². The van der Waals surface area contributed by atoms with Crippen LogP contribution in [0.15, 0.2) is 24.5 Å². The zero-order valence-corrected chi connectivity index (χ0v) is 12.1. The van der Waals surface area contributed by atoms with Crippen molar-refractivity contribution in [3.8, 4) is 0 Å². The molecule has 1 atom stereocenters. The molecule has 2 aromatic rings. The molecule has 0 radical (unpaired) electrons. The number of benzene rings is 1. The fourth-order valence-corrected chi connectivity index (χ4v) is 2.34. The van der Waals surface area contributed by atoms with Crippen LogP contribution < -0.4 is 5.32 Å². The summed E-state index contributed by atoms with van der Waals surface area (Å²) in [5.41, 5.74) is 0.678. The lowest BCUT2D eigenvalue weighted by atomic mass is 10.1. The van der Waals surface area contributed by atoms with Crippen molar-refractivity contribution < 1.29 is 4.39 Å². The van der Waals surface area contributed by atoms with Gasteiger partial charge in [0.25, 0.3) is 0 Å². The summed E-state index contributed by atoms with van der Waals surface area (Å²) >= 11 is 11.8. The van der Waals surface area contributed by atoms with Crippen LogP contribution in [-0.4, -0.2) is 9.55 Å². The average Bonchev–Trinajstić information content (AvgIpc) is 2.76. The van der Waals surface area contributed by atoms with Gasteiger partial charge in [0.2, 0.25) is 0 Å². The van der Waals surface area contributed by atoms with Gasteiger partial charge in [0.15, 0.2) is 0 Å². The summed E-state index contributed by atoms with van der Waals surface area (Å²) in [6, 6.07) is 2.68. The van der Waals surface area contributed by atoms with E-state index < -0.39 is 5.82 Å². The van der Waals surface area contributed by atoms with Gasteiger partial charge in [-0.25, -0.2) is 9.37 Å². The number of rotatable bonds is 4. The maximum atomic E-state index is 13.5. The molecule has 6 heteroatoms. The molecule has 1 aromatic heterocycles. The number of hydrogen-bond acceptors (Lipinski definition) is 2. The summed E-state index contributed by atoms with van der Waals surface area (Å²) in [5, 5.41) is 3.73. The molecular formula is C13H14Cl2FN3. The third-order valence-electron chi connectivity index (χ3n) is 2.99. The van der Waals surface area contributed by atoms with Crippen molar-refractivity contribution in [2.45, 2.75) is 19.5 Å². The summed E-state index contributed by atoms with van der Waals surface area (Å²) < 4.78 is 15.4. The minimum atomic E-state index is -0.466. The van der Waals surface area contributed by atoms with E-state index in [-0.39, 0.29) is 11.1 Å². The maximum Gasteiger partial charge on any atom is 0.142 e. The van der Waals surface area contributed by atoms with Crippen molar-refractivity contribution in [2.75, 3.05) is 0 Å². The second-order valence-electron chi connectivity index (χ2n) is 4.34. The molecule has 2 rings (SSSR count). The Bertz CT molecular complexity index is 583. The first-order valence-corrected chi connectivity index (χ1v) is 6.58. The number of aryl methyl sites for hydroxylation is 1. The standard InChI is InChI=1S/C13H14Cl2FN3/c1-8(18-7-13-17-3-4-19(13)2)9-5-12(16)11(15)6-10(9)14/h3-6,8,18H,7H2,1-2H3. The summed E-state index contributed by atoms with van der Waals surface area (Å²) in [4.78, 5) is 4.21. The number of imidazole rings is 1. The molecule has 1 heterocycles. The van der Waals surface area contributed by atoms with E-state index in [1.165, 1.54) is 12.1 Å². The van der Waals surface area contributed by atoms with Crippen LogP contribution >= 0.6 is 23.2 Å². The third-order valence-corrected chi connectivity index (χ3v) is 3.61. The lowest BCUT2D eigenvalue weighted by Gasteiger charge is -2.16. The zero-order valence-electron chi connectivity index (χ0n) is 10.6. The molecule has 1 unspecified atom stereocenters. The zero-order chi connectivity index (χ0) is 14.0. The predicted molar refractivity (Wildman–Crippen MR) is 74.9 cm³/mol. The van der Waals surface area contributed by atoms with Crippen molar-refractivity contribution in [1.29, 1.82) is 0 Å². The van der Waals surface area contributed by atoms with Crippen LogP contribution in [-0.2, 0) is 13.6 Å². The first kappa shape index (κ1) is 14.3. The van der Waals surface area contributed by atoms with Crippen LogP contribution in [0, 0.1) is 5.82 Å². The van der Waals surface area contributed by atoms with Crippen LogP contribution in [0.5, 0.6) is 0 Å². The molecule has 0 fully saturated rings. The molecule has 0 spiro atoms. The van der Waals surface area contributed by atoms with Gasteiger partial charge in [0.05, 0.1) is 11.6 Å². The third kappa shape index (κ3) is 3.26. The van der Waals surface area contributed by atoms with E-state index in [0.717, 1.165) is 5.82 Å². The SMILES string of the molecule is CC(NCc1nccn1C)c1cc(F)c(Cl)cc1Cl. The summed E-state index contributed by atoms with van der Waals surface area (Å²) in [6.07, 6.45) is 3.60. The highest BCUT2D eigenvalue weighted by atomic mass is 35.5. The Balaban J connectivity index is 2.10. The van der Waals surface area contributed by atoms with Crippen molar-refractivity contribution in [3.63, 3.8) is 0 Å². The molecule has 0 aliphatic carbocycles. The van der Waals surface area contributed by atoms with Gasteiger partial charge in [-0.2, -0.15) is 0 Å². The van der Waals surface area contributed by atoms with Crippen molar-refractivity contribution in [2.24, 2.45) is 7.05 Å². The van der Waals surface area contributed by atoms with Gasteiger partial charge in [0, 0.05) is 30.5 Å². The first-order valence-electron chi connectivity index (χ1n) is 5.83. The van der Waals surface area contributed by atoms with Crippen LogP contribution in [0.1, 0.15) is 24.4 Å². The van der Waals surface area contributed by atoms with Gasteiger partial charge in [-0.3, -0.25) is 0 Å². The second kappa shape index (κ2) is 5.90. The monoisotopic (exact) mass is 301 g/mol. The van der Waals surface area contributed by atoms with Gasteiger partial charge in [-0.15, -0.1) is 0 Å². The summed E-state index contributed by atoms with van der Waals surface area (Å²) in [5.74, 6) is 0.434. The molecule has 0 saturated heterocycles. The predicted octanol–water partition coefficient (Wildman–Crippen LogP) is 3.72. The van der Waals surface area contributed by atoms with Crippen LogP contribution in [0.3, 0.4) is 0 Å². The Morgan fingerprint density at radius 3 is 2.74 bits per heavy atom. The molecule has 1 N–H and O–H groups in total. The molecule has 0 aliphatic rings. The van der Waals surface area contributed by atoms with E-state index in [4.69, 9.17) is 23.2 Å². The van der Waals surface area contributed by atoms with Gasteiger partial charge in [0.1, 0.15) is 11.6 Å². The summed E-state index contributed by atoms with van der Waals surface area (Å²) in [7, 11) is 1.92. The normalized spacial score (nSPS) is 12.7. The Morgan fingerprint density at radius 2 is 2.11 bits per heavy atom. The van der Waals surface area contributed by atoms with E-state index in [2.05, 4.69) is 10.3 Å². The number of nitrogens with one attached hydrogen (secondary N) is 1. The van der Waals surface area contributed by atoms with Crippen LogP contribution in [0.4, 0.5) is 4.39 Å². The minimum absolute atomic E-state index is 0.0325. The number of halogens is 3. The van der Waals surface area contributed by atoms with Crippen molar-refractivity contribution in [1.82, 2.24) is 14.9 Å². The summed E-state index contributed by atoms with van der Waals surface area (Å²) in [6.45, 7) is 2.49. The smallest absolute Gasteiger partial charge is 0.142 e. The lowest BCUT2D eigenvalue weighted by molar-refractivity contribution is 0.543. The largest absolute Gasteiger partial charge is 0.337 e.